The van der Waals surface area contributed by atoms with Gasteiger partial charge in [0.25, 0.3) is 5.91 Å². The number of nitrogens with zero attached hydrogens (tertiary/aromatic N) is 2. The van der Waals surface area contributed by atoms with Gasteiger partial charge in [-0.1, -0.05) is 12.1 Å². The van der Waals surface area contributed by atoms with Gasteiger partial charge in [0.2, 0.25) is 15.9 Å². The van der Waals surface area contributed by atoms with Crippen molar-refractivity contribution in [3.05, 3.63) is 54.1 Å². The molecule has 1 saturated heterocycles. The molecule has 1 heterocycles. The topological polar surface area (TPSA) is 108 Å². The van der Waals surface area contributed by atoms with E-state index in [0.29, 0.717) is 44.2 Å². The molecule has 9 nitrogen and oxygen atoms in total. The fraction of sp³-hybridized carbons (Fsp3) is 0.391. The molecule has 0 aromatic heterocycles. The highest BCUT2D eigenvalue weighted by Gasteiger charge is 2.29. The Labute approximate surface area is 194 Å². The Kier molecular flexibility index (Phi) is 8.29. The van der Waals surface area contributed by atoms with Crippen LogP contribution in [0.3, 0.4) is 0 Å². The van der Waals surface area contributed by atoms with Crippen LogP contribution >= 0.6 is 0 Å². The van der Waals surface area contributed by atoms with Crippen molar-refractivity contribution in [2.45, 2.75) is 13.8 Å². The van der Waals surface area contributed by atoms with Crippen molar-refractivity contribution in [2.75, 3.05) is 55.3 Å². The molecule has 0 spiro atoms. The van der Waals surface area contributed by atoms with Gasteiger partial charge >= 0.3 is 0 Å². The van der Waals surface area contributed by atoms with Gasteiger partial charge < -0.3 is 20.3 Å². The lowest BCUT2D eigenvalue weighted by molar-refractivity contribution is -0.123. The summed E-state index contributed by atoms with van der Waals surface area (Å²) in [6.45, 7) is 6.08. The Morgan fingerprint density at radius 3 is 2.33 bits per heavy atom. The highest BCUT2D eigenvalue weighted by Crippen LogP contribution is 2.19. The van der Waals surface area contributed by atoms with Crippen molar-refractivity contribution in [1.29, 1.82) is 0 Å². The first-order valence-electron chi connectivity index (χ1n) is 10.9. The van der Waals surface area contributed by atoms with Gasteiger partial charge in [-0.15, -0.1) is 0 Å². The standard InChI is InChI=1S/C23H30N4O5S/c1-3-24-22(28)16-32-21-9-7-19(8-10-21)25-23(29)17-33(30,31)27-13-11-26(12-14-27)20-6-4-5-18(2)15-20/h4-10,15H,3,11-14,16-17H2,1-2H3,(H,24,28)(H,25,29). The largest absolute Gasteiger partial charge is 0.484 e. The van der Waals surface area contributed by atoms with E-state index in [9.17, 15) is 18.0 Å². The first-order valence-corrected chi connectivity index (χ1v) is 12.5. The maximum absolute atomic E-state index is 12.7. The zero-order chi connectivity index (χ0) is 23.8. The number of rotatable bonds is 9. The summed E-state index contributed by atoms with van der Waals surface area (Å²) in [7, 11) is -3.72. The molecule has 2 amide bonds. The molecular weight excluding hydrogens is 444 g/mol. The molecule has 178 valence electrons. The summed E-state index contributed by atoms with van der Waals surface area (Å²) in [5, 5.41) is 5.23. The molecule has 3 rings (SSSR count). The number of aryl methyl sites for hydroxylation is 1. The van der Waals surface area contributed by atoms with E-state index in [4.69, 9.17) is 4.74 Å². The van der Waals surface area contributed by atoms with Crippen molar-refractivity contribution in [3.8, 4) is 5.75 Å². The van der Waals surface area contributed by atoms with Gasteiger partial charge in [-0.25, -0.2) is 8.42 Å². The van der Waals surface area contributed by atoms with E-state index in [1.807, 2.05) is 32.0 Å². The van der Waals surface area contributed by atoms with Crippen molar-refractivity contribution in [3.63, 3.8) is 0 Å². The molecule has 2 aromatic rings. The summed E-state index contributed by atoms with van der Waals surface area (Å²) in [6, 6.07) is 14.5. The van der Waals surface area contributed by atoms with Crippen molar-refractivity contribution >= 4 is 33.2 Å². The number of hydrogen-bond acceptors (Lipinski definition) is 6. The number of carbonyl (C=O) groups is 2. The molecule has 0 atom stereocenters. The Balaban J connectivity index is 1.48. The zero-order valence-corrected chi connectivity index (χ0v) is 19.7. The summed E-state index contributed by atoms with van der Waals surface area (Å²) >= 11 is 0. The van der Waals surface area contributed by atoms with Crippen molar-refractivity contribution < 1.29 is 22.7 Å². The van der Waals surface area contributed by atoms with E-state index in [1.54, 1.807) is 24.3 Å². The molecule has 10 heteroatoms. The number of sulfonamides is 1. The number of anilines is 2. The van der Waals surface area contributed by atoms with Crippen LogP contribution in [-0.4, -0.2) is 69.6 Å². The lowest BCUT2D eigenvalue weighted by Crippen LogP contribution is -2.50. The van der Waals surface area contributed by atoms with E-state index < -0.39 is 21.7 Å². The molecule has 2 aromatic carbocycles. The quantitative estimate of drug-likeness (QED) is 0.572. The fourth-order valence-electron chi connectivity index (χ4n) is 3.53. The lowest BCUT2D eigenvalue weighted by Gasteiger charge is -2.35. The summed E-state index contributed by atoms with van der Waals surface area (Å²) < 4.78 is 32.2. The molecule has 0 radical (unpaired) electrons. The number of piperazine rings is 1. The number of ether oxygens (including phenoxy) is 1. The van der Waals surface area contributed by atoms with E-state index in [2.05, 4.69) is 21.6 Å². The maximum atomic E-state index is 12.7. The summed E-state index contributed by atoms with van der Waals surface area (Å²) in [5.74, 6) is -0.974. The normalized spacial score (nSPS) is 14.5. The molecule has 33 heavy (non-hydrogen) atoms. The Morgan fingerprint density at radius 1 is 1.00 bits per heavy atom. The maximum Gasteiger partial charge on any atom is 0.257 e. The SMILES string of the molecule is CCNC(=O)COc1ccc(NC(=O)CS(=O)(=O)N2CCN(c3cccc(C)c3)CC2)cc1. The first kappa shape index (κ1) is 24.5. The van der Waals surface area contributed by atoms with Crippen LogP contribution in [0.2, 0.25) is 0 Å². The molecule has 1 aliphatic rings. The van der Waals surface area contributed by atoms with E-state index >= 15 is 0 Å². The van der Waals surface area contributed by atoms with Crippen LogP contribution < -0.4 is 20.3 Å². The van der Waals surface area contributed by atoms with Crippen molar-refractivity contribution in [1.82, 2.24) is 9.62 Å². The fourth-order valence-corrected chi connectivity index (χ4v) is 4.84. The second kappa shape index (κ2) is 11.2. The summed E-state index contributed by atoms with van der Waals surface area (Å²) in [6.07, 6.45) is 0. The third-order valence-electron chi connectivity index (χ3n) is 5.19. The molecular formula is C23H30N4O5S. The number of likely N-dealkylation sites (N-methyl/N-ethyl adjacent to an activating group) is 1. The van der Waals surface area contributed by atoms with Gasteiger partial charge in [-0.2, -0.15) is 4.31 Å². The number of nitrogens with one attached hydrogen (secondary N) is 2. The molecule has 0 aliphatic carbocycles. The van der Waals surface area contributed by atoms with Gasteiger partial charge in [0, 0.05) is 44.1 Å². The van der Waals surface area contributed by atoms with Crippen LogP contribution in [-0.2, 0) is 19.6 Å². The third kappa shape index (κ3) is 7.19. The Morgan fingerprint density at radius 2 is 1.70 bits per heavy atom. The average molecular weight is 475 g/mol. The molecule has 0 bridgehead atoms. The first-order chi connectivity index (χ1) is 15.8. The number of amides is 2. The predicted molar refractivity (Wildman–Crippen MR) is 128 cm³/mol. The van der Waals surface area contributed by atoms with Crippen LogP contribution in [0.15, 0.2) is 48.5 Å². The molecule has 2 N–H and O–H groups in total. The molecule has 0 saturated carbocycles. The van der Waals surface area contributed by atoms with E-state index in [1.165, 1.54) is 4.31 Å². The predicted octanol–water partition coefficient (Wildman–Crippen LogP) is 1.60. The number of benzene rings is 2. The smallest absolute Gasteiger partial charge is 0.257 e. The van der Waals surface area contributed by atoms with E-state index in [-0.39, 0.29) is 12.5 Å². The minimum Gasteiger partial charge on any atom is -0.484 e. The van der Waals surface area contributed by atoms with Gasteiger partial charge in [0.05, 0.1) is 0 Å². The Hall–Kier alpha value is -3.11. The van der Waals surface area contributed by atoms with Crippen molar-refractivity contribution in [2.24, 2.45) is 0 Å². The summed E-state index contributed by atoms with van der Waals surface area (Å²) in [5.41, 5.74) is 2.67. The molecule has 1 aliphatic heterocycles. The van der Waals surface area contributed by atoms with E-state index in [0.717, 1.165) is 11.3 Å². The average Bonchev–Trinajstić information content (AvgIpc) is 2.78. The summed E-state index contributed by atoms with van der Waals surface area (Å²) in [4.78, 5) is 25.9. The minimum atomic E-state index is -3.72. The number of carbonyl (C=O) groups excluding carboxylic acids is 2. The number of hydrogen-bond donors (Lipinski definition) is 2. The highest BCUT2D eigenvalue weighted by atomic mass is 32.2. The Bertz CT molecular complexity index is 1060. The van der Waals surface area contributed by atoms with Gasteiger partial charge in [0.1, 0.15) is 11.5 Å². The van der Waals surface area contributed by atoms with Gasteiger partial charge in [0.15, 0.2) is 6.61 Å². The lowest BCUT2D eigenvalue weighted by atomic mass is 10.2. The van der Waals surface area contributed by atoms with Crippen LogP contribution in [0.4, 0.5) is 11.4 Å². The van der Waals surface area contributed by atoms with Crippen LogP contribution in [0.25, 0.3) is 0 Å². The van der Waals surface area contributed by atoms with Crippen LogP contribution in [0, 0.1) is 6.92 Å². The zero-order valence-electron chi connectivity index (χ0n) is 18.9. The monoisotopic (exact) mass is 474 g/mol. The second-order valence-electron chi connectivity index (χ2n) is 7.80. The molecule has 0 unspecified atom stereocenters. The highest BCUT2D eigenvalue weighted by molar-refractivity contribution is 7.89. The third-order valence-corrected chi connectivity index (χ3v) is 6.97. The minimum absolute atomic E-state index is 0.102. The van der Waals surface area contributed by atoms with Gasteiger partial charge in [-0.05, 0) is 55.8 Å². The second-order valence-corrected chi connectivity index (χ2v) is 9.76. The van der Waals surface area contributed by atoms with Gasteiger partial charge in [-0.3, -0.25) is 9.59 Å². The van der Waals surface area contributed by atoms with Crippen LogP contribution in [0.1, 0.15) is 12.5 Å². The van der Waals surface area contributed by atoms with Crippen LogP contribution in [0.5, 0.6) is 5.75 Å². The molecule has 1 fully saturated rings.